The van der Waals surface area contributed by atoms with Crippen LogP contribution in [0.4, 0.5) is 11.4 Å². The zero-order valence-corrected chi connectivity index (χ0v) is 14.3. The second-order valence-electron chi connectivity index (χ2n) is 5.91. The number of carbonyl (C=O) groups excluding carboxylic acids is 1. The van der Waals surface area contributed by atoms with Crippen LogP contribution in [0.2, 0.25) is 0 Å². The number of amides is 1. The van der Waals surface area contributed by atoms with Crippen LogP contribution in [0.1, 0.15) is 18.5 Å². The minimum absolute atomic E-state index is 0.0141. The number of carbonyl (C=O) groups is 1. The maximum absolute atomic E-state index is 12.9. The third-order valence-electron chi connectivity index (χ3n) is 4.14. The van der Waals surface area contributed by atoms with Gasteiger partial charge in [-0.15, -0.1) is 0 Å². The molecule has 0 heterocycles. The molecule has 1 atom stereocenters. The predicted molar refractivity (Wildman–Crippen MR) is 103 cm³/mol. The van der Waals surface area contributed by atoms with Gasteiger partial charge in [-0.25, -0.2) is 0 Å². The summed E-state index contributed by atoms with van der Waals surface area (Å²) >= 11 is 0. The van der Waals surface area contributed by atoms with Crippen molar-refractivity contribution in [1.29, 1.82) is 0 Å². The first-order valence-electron chi connectivity index (χ1n) is 8.47. The van der Waals surface area contributed by atoms with Gasteiger partial charge < -0.3 is 5.32 Å². The quantitative estimate of drug-likeness (QED) is 0.710. The van der Waals surface area contributed by atoms with Crippen LogP contribution in [0.15, 0.2) is 91.0 Å². The molecule has 3 aromatic carbocycles. The highest BCUT2D eigenvalue weighted by Crippen LogP contribution is 2.25. The lowest BCUT2D eigenvalue weighted by Crippen LogP contribution is -2.36. The fraction of sp³-hybridized carbons (Fsp3) is 0.136. The van der Waals surface area contributed by atoms with Gasteiger partial charge in [-0.05, 0) is 36.8 Å². The SMILES string of the molecule is CC(NCC(=O)N(c1ccccc1)c1ccccc1)c1ccccc1. The number of nitrogens with zero attached hydrogens (tertiary/aromatic N) is 1. The van der Waals surface area contributed by atoms with Crippen LogP contribution < -0.4 is 10.2 Å². The summed E-state index contributed by atoms with van der Waals surface area (Å²) < 4.78 is 0. The van der Waals surface area contributed by atoms with Gasteiger partial charge in [0.25, 0.3) is 0 Å². The monoisotopic (exact) mass is 330 g/mol. The first-order valence-corrected chi connectivity index (χ1v) is 8.47. The van der Waals surface area contributed by atoms with Crippen LogP contribution in [0.25, 0.3) is 0 Å². The van der Waals surface area contributed by atoms with E-state index in [0.717, 1.165) is 11.4 Å². The van der Waals surface area contributed by atoms with Gasteiger partial charge in [0.15, 0.2) is 0 Å². The Bertz CT molecular complexity index is 749. The Hall–Kier alpha value is -2.91. The standard InChI is InChI=1S/C22H22N2O/c1-18(19-11-5-2-6-12-19)23-17-22(25)24(20-13-7-3-8-14-20)21-15-9-4-10-16-21/h2-16,18,23H,17H2,1H3. The fourth-order valence-corrected chi connectivity index (χ4v) is 2.77. The van der Waals surface area contributed by atoms with E-state index in [0.29, 0.717) is 0 Å². The van der Waals surface area contributed by atoms with Gasteiger partial charge in [0.1, 0.15) is 0 Å². The van der Waals surface area contributed by atoms with Crippen molar-refractivity contribution in [2.45, 2.75) is 13.0 Å². The average molecular weight is 330 g/mol. The van der Waals surface area contributed by atoms with Gasteiger partial charge in [-0.2, -0.15) is 0 Å². The van der Waals surface area contributed by atoms with Crippen molar-refractivity contribution in [2.24, 2.45) is 0 Å². The third-order valence-corrected chi connectivity index (χ3v) is 4.14. The molecule has 0 saturated carbocycles. The van der Waals surface area contributed by atoms with Crippen LogP contribution in [0, 0.1) is 0 Å². The highest BCUT2D eigenvalue weighted by atomic mass is 16.2. The molecule has 0 aliphatic carbocycles. The maximum Gasteiger partial charge on any atom is 0.245 e. The molecule has 3 heteroatoms. The summed E-state index contributed by atoms with van der Waals surface area (Å²) in [6, 6.07) is 29.7. The number of benzene rings is 3. The summed E-state index contributed by atoms with van der Waals surface area (Å²) in [4.78, 5) is 14.7. The number of para-hydroxylation sites is 2. The van der Waals surface area contributed by atoms with Gasteiger partial charge in [0, 0.05) is 17.4 Å². The van der Waals surface area contributed by atoms with E-state index in [4.69, 9.17) is 0 Å². The second-order valence-corrected chi connectivity index (χ2v) is 5.91. The molecule has 1 amide bonds. The van der Waals surface area contributed by atoms with Crippen LogP contribution in [0.5, 0.6) is 0 Å². The van der Waals surface area contributed by atoms with Gasteiger partial charge in [0.2, 0.25) is 5.91 Å². The molecule has 0 spiro atoms. The number of anilines is 2. The lowest BCUT2D eigenvalue weighted by molar-refractivity contribution is -0.117. The lowest BCUT2D eigenvalue weighted by atomic mass is 10.1. The summed E-state index contributed by atoms with van der Waals surface area (Å²) in [5.74, 6) is 0.0141. The Balaban J connectivity index is 1.76. The van der Waals surface area contributed by atoms with Crippen LogP contribution in [-0.4, -0.2) is 12.5 Å². The Kier molecular flexibility index (Phi) is 5.60. The summed E-state index contributed by atoms with van der Waals surface area (Å²) in [7, 11) is 0. The number of hydrogen-bond donors (Lipinski definition) is 1. The smallest absolute Gasteiger partial charge is 0.245 e. The summed E-state index contributed by atoms with van der Waals surface area (Å²) in [5, 5.41) is 3.33. The Labute approximate surface area is 148 Å². The zero-order valence-electron chi connectivity index (χ0n) is 14.3. The topological polar surface area (TPSA) is 32.3 Å². The van der Waals surface area contributed by atoms with Crippen molar-refractivity contribution in [1.82, 2.24) is 5.32 Å². The van der Waals surface area contributed by atoms with Crippen molar-refractivity contribution in [3.8, 4) is 0 Å². The zero-order chi connectivity index (χ0) is 17.5. The first-order chi connectivity index (χ1) is 12.3. The summed E-state index contributed by atoms with van der Waals surface area (Å²) in [6.45, 7) is 2.33. The van der Waals surface area contributed by atoms with Gasteiger partial charge in [-0.1, -0.05) is 66.7 Å². The second kappa shape index (κ2) is 8.27. The molecule has 126 valence electrons. The molecular weight excluding hydrogens is 308 g/mol. The van der Waals surface area contributed by atoms with Crippen molar-refractivity contribution in [3.05, 3.63) is 96.6 Å². The van der Waals surface area contributed by atoms with Crippen LogP contribution in [-0.2, 0) is 4.79 Å². The number of hydrogen-bond acceptors (Lipinski definition) is 2. The first kappa shape index (κ1) is 16.9. The van der Waals surface area contributed by atoms with Gasteiger partial charge >= 0.3 is 0 Å². The molecule has 0 aliphatic rings. The molecule has 0 aromatic heterocycles. The molecular formula is C22H22N2O. The minimum atomic E-state index is 0.0141. The Morgan fingerprint density at radius 3 is 1.72 bits per heavy atom. The molecule has 3 nitrogen and oxygen atoms in total. The Morgan fingerprint density at radius 2 is 1.24 bits per heavy atom. The highest BCUT2D eigenvalue weighted by Gasteiger charge is 2.18. The molecule has 1 unspecified atom stereocenters. The molecule has 3 rings (SSSR count). The lowest BCUT2D eigenvalue weighted by Gasteiger charge is -2.24. The van der Waals surface area contributed by atoms with Crippen LogP contribution >= 0.6 is 0 Å². The van der Waals surface area contributed by atoms with Gasteiger partial charge in [0.05, 0.1) is 6.54 Å². The van der Waals surface area contributed by atoms with E-state index in [1.54, 1.807) is 4.90 Å². The molecule has 3 aromatic rings. The summed E-state index contributed by atoms with van der Waals surface area (Å²) in [6.07, 6.45) is 0. The van der Waals surface area contributed by atoms with E-state index in [1.807, 2.05) is 78.9 Å². The number of rotatable bonds is 6. The highest BCUT2D eigenvalue weighted by molar-refractivity contribution is 6.01. The molecule has 1 N–H and O–H groups in total. The molecule has 0 aliphatic heterocycles. The third kappa shape index (κ3) is 4.34. The molecule has 25 heavy (non-hydrogen) atoms. The maximum atomic E-state index is 12.9. The van der Waals surface area contributed by atoms with E-state index in [-0.39, 0.29) is 18.5 Å². The van der Waals surface area contributed by atoms with E-state index < -0.39 is 0 Å². The van der Waals surface area contributed by atoms with Crippen molar-refractivity contribution in [3.63, 3.8) is 0 Å². The normalized spacial score (nSPS) is 11.7. The average Bonchev–Trinajstić information content (AvgIpc) is 2.69. The molecule has 0 radical (unpaired) electrons. The van der Waals surface area contributed by atoms with E-state index >= 15 is 0 Å². The van der Waals surface area contributed by atoms with Crippen molar-refractivity contribution in [2.75, 3.05) is 11.4 Å². The predicted octanol–water partition coefficient (Wildman–Crippen LogP) is 4.70. The Morgan fingerprint density at radius 1 is 0.800 bits per heavy atom. The van der Waals surface area contributed by atoms with E-state index in [2.05, 4.69) is 24.4 Å². The largest absolute Gasteiger partial charge is 0.302 e. The number of nitrogens with one attached hydrogen (secondary N) is 1. The summed E-state index contributed by atoms with van der Waals surface area (Å²) in [5.41, 5.74) is 2.90. The molecule has 0 saturated heterocycles. The fourth-order valence-electron chi connectivity index (χ4n) is 2.77. The van der Waals surface area contributed by atoms with Crippen molar-refractivity contribution < 1.29 is 4.79 Å². The van der Waals surface area contributed by atoms with Crippen molar-refractivity contribution >= 4 is 17.3 Å². The van der Waals surface area contributed by atoms with Gasteiger partial charge in [-0.3, -0.25) is 9.69 Å². The van der Waals surface area contributed by atoms with E-state index in [1.165, 1.54) is 5.56 Å². The molecule has 0 fully saturated rings. The van der Waals surface area contributed by atoms with Crippen LogP contribution in [0.3, 0.4) is 0 Å². The minimum Gasteiger partial charge on any atom is -0.302 e. The molecule has 0 bridgehead atoms. The van der Waals surface area contributed by atoms with E-state index in [9.17, 15) is 4.79 Å².